The fourth-order valence-corrected chi connectivity index (χ4v) is 3.22. The third kappa shape index (κ3) is 2.73. The van der Waals surface area contributed by atoms with E-state index >= 15 is 0 Å². The Morgan fingerprint density at radius 3 is 2.12 bits per heavy atom. The van der Waals surface area contributed by atoms with E-state index in [1.54, 1.807) is 0 Å². The summed E-state index contributed by atoms with van der Waals surface area (Å²) in [5.41, 5.74) is 12.1. The van der Waals surface area contributed by atoms with Crippen LogP contribution in [0, 0.1) is 11.3 Å². The van der Waals surface area contributed by atoms with Crippen LogP contribution in [-0.2, 0) is 0 Å². The van der Waals surface area contributed by atoms with Gasteiger partial charge in [-0.25, -0.2) is 0 Å². The molecule has 2 nitrogen and oxygen atoms in total. The molecule has 4 aromatic rings. The third-order valence-corrected chi connectivity index (χ3v) is 4.46. The minimum atomic E-state index is 0.670. The lowest BCUT2D eigenvalue weighted by atomic mass is 9.95. The Morgan fingerprint density at radius 2 is 1.36 bits per heavy atom. The Morgan fingerprint density at radius 1 is 0.680 bits per heavy atom. The predicted molar refractivity (Wildman–Crippen MR) is 104 cm³/mol. The molecule has 4 aromatic carbocycles. The van der Waals surface area contributed by atoms with Crippen LogP contribution in [0.3, 0.4) is 0 Å². The number of hydrogen-bond donors (Lipinski definition) is 1. The molecule has 0 bridgehead atoms. The van der Waals surface area contributed by atoms with E-state index in [4.69, 9.17) is 11.0 Å². The van der Waals surface area contributed by atoms with Crippen molar-refractivity contribution in [3.63, 3.8) is 0 Å². The average molecular weight is 320 g/mol. The van der Waals surface area contributed by atoms with Crippen LogP contribution < -0.4 is 5.73 Å². The normalized spacial score (nSPS) is 10.5. The first kappa shape index (κ1) is 15.0. The van der Waals surface area contributed by atoms with E-state index in [2.05, 4.69) is 54.6 Å². The number of anilines is 1. The smallest absolute Gasteiger partial charge is 0.0991 e. The molecule has 0 aliphatic heterocycles. The van der Waals surface area contributed by atoms with E-state index in [1.165, 1.54) is 0 Å². The molecule has 0 aliphatic rings. The molecule has 0 aliphatic carbocycles. The maximum Gasteiger partial charge on any atom is 0.0991 e. The Bertz CT molecular complexity index is 1100. The summed E-state index contributed by atoms with van der Waals surface area (Å²) < 4.78 is 0. The maximum absolute atomic E-state index is 9.07. The fourth-order valence-electron chi connectivity index (χ4n) is 3.22. The van der Waals surface area contributed by atoms with E-state index in [-0.39, 0.29) is 0 Å². The van der Waals surface area contributed by atoms with Gasteiger partial charge in [0.05, 0.1) is 11.6 Å². The zero-order valence-corrected chi connectivity index (χ0v) is 13.6. The highest BCUT2D eigenvalue weighted by molar-refractivity contribution is 6.04. The second-order valence-corrected chi connectivity index (χ2v) is 6.02. The van der Waals surface area contributed by atoms with Crippen molar-refractivity contribution in [3.05, 3.63) is 90.5 Å². The third-order valence-electron chi connectivity index (χ3n) is 4.46. The van der Waals surface area contributed by atoms with Gasteiger partial charge >= 0.3 is 0 Å². The quantitative estimate of drug-likeness (QED) is 0.487. The van der Waals surface area contributed by atoms with Crippen molar-refractivity contribution in [1.82, 2.24) is 0 Å². The van der Waals surface area contributed by atoms with Crippen LogP contribution in [0.5, 0.6) is 0 Å². The molecule has 25 heavy (non-hydrogen) atoms. The first-order valence-corrected chi connectivity index (χ1v) is 8.14. The van der Waals surface area contributed by atoms with E-state index in [0.717, 1.165) is 38.7 Å². The number of rotatable bonds is 2. The second-order valence-electron chi connectivity index (χ2n) is 6.02. The van der Waals surface area contributed by atoms with Gasteiger partial charge in [0.15, 0.2) is 0 Å². The molecule has 4 rings (SSSR count). The van der Waals surface area contributed by atoms with E-state index in [0.29, 0.717) is 5.56 Å². The summed E-state index contributed by atoms with van der Waals surface area (Å²) in [5, 5.41) is 11.3. The standard InChI is InChI=1S/C23H16N2/c24-15-16-4-1-7-20(14-16)17-10-12-18(13-11-17)21-8-2-5-19-6-3-9-22(25)23(19)21/h1-14H,25H2. The lowest BCUT2D eigenvalue weighted by Gasteiger charge is -2.10. The van der Waals surface area contributed by atoms with Crippen molar-refractivity contribution in [2.75, 3.05) is 5.73 Å². The van der Waals surface area contributed by atoms with Gasteiger partial charge in [0.25, 0.3) is 0 Å². The molecule has 0 saturated heterocycles. The maximum atomic E-state index is 9.07. The van der Waals surface area contributed by atoms with Crippen LogP contribution >= 0.6 is 0 Å². The highest BCUT2D eigenvalue weighted by atomic mass is 14.5. The lowest BCUT2D eigenvalue weighted by Crippen LogP contribution is -1.89. The van der Waals surface area contributed by atoms with Gasteiger partial charge in [-0.3, -0.25) is 0 Å². The minimum absolute atomic E-state index is 0.670. The van der Waals surface area contributed by atoms with Crippen LogP contribution in [0.1, 0.15) is 5.56 Å². The van der Waals surface area contributed by atoms with E-state index in [9.17, 15) is 0 Å². The Kier molecular flexibility index (Phi) is 3.68. The summed E-state index contributed by atoms with van der Waals surface area (Å²) in [6, 6.07) is 30.5. The van der Waals surface area contributed by atoms with Gasteiger partial charge in [-0.1, -0.05) is 66.7 Å². The Hall–Kier alpha value is -3.57. The fraction of sp³-hybridized carbons (Fsp3) is 0. The molecule has 0 heterocycles. The van der Waals surface area contributed by atoms with Gasteiger partial charge in [-0.05, 0) is 45.8 Å². The topological polar surface area (TPSA) is 49.8 Å². The molecule has 0 radical (unpaired) electrons. The van der Waals surface area contributed by atoms with Crippen molar-refractivity contribution >= 4 is 16.5 Å². The number of nitrogens with two attached hydrogens (primary N) is 1. The van der Waals surface area contributed by atoms with Crippen LogP contribution in [0.25, 0.3) is 33.0 Å². The Balaban J connectivity index is 1.80. The van der Waals surface area contributed by atoms with E-state index in [1.807, 2.05) is 36.4 Å². The highest BCUT2D eigenvalue weighted by Crippen LogP contribution is 2.33. The van der Waals surface area contributed by atoms with E-state index < -0.39 is 0 Å². The SMILES string of the molecule is N#Cc1cccc(-c2ccc(-c3cccc4cccc(N)c34)cc2)c1. The van der Waals surface area contributed by atoms with Crippen molar-refractivity contribution in [1.29, 1.82) is 5.26 Å². The molecule has 2 N–H and O–H groups in total. The molecule has 0 aromatic heterocycles. The largest absolute Gasteiger partial charge is 0.398 e. The summed E-state index contributed by atoms with van der Waals surface area (Å²) in [6.45, 7) is 0. The zero-order valence-electron chi connectivity index (χ0n) is 13.6. The van der Waals surface area contributed by atoms with Crippen molar-refractivity contribution in [3.8, 4) is 28.3 Å². The highest BCUT2D eigenvalue weighted by Gasteiger charge is 2.07. The van der Waals surface area contributed by atoms with Crippen LogP contribution in [0.15, 0.2) is 84.9 Å². The predicted octanol–water partition coefficient (Wildman–Crippen LogP) is 5.63. The molecule has 0 amide bonds. The summed E-state index contributed by atoms with van der Waals surface area (Å²) in [5.74, 6) is 0. The Labute approximate surface area is 146 Å². The van der Waals surface area contributed by atoms with Gasteiger partial charge in [0.1, 0.15) is 0 Å². The molecule has 0 atom stereocenters. The second kappa shape index (κ2) is 6.14. The lowest BCUT2D eigenvalue weighted by molar-refractivity contribution is 1.48. The molecular formula is C23H16N2. The number of fused-ring (bicyclic) bond motifs is 1. The molecule has 2 heteroatoms. The van der Waals surface area contributed by atoms with Crippen LogP contribution in [-0.4, -0.2) is 0 Å². The number of hydrogen-bond acceptors (Lipinski definition) is 2. The number of nitrogen functional groups attached to an aromatic ring is 1. The summed E-state index contributed by atoms with van der Waals surface area (Å²) in [7, 11) is 0. The van der Waals surface area contributed by atoms with Gasteiger partial charge in [-0.2, -0.15) is 5.26 Å². The molecule has 0 saturated carbocycles. The summed E-state index contributed by atoms with van der Waals surface area (Å²) >= 11 is 0. The van der Waals surface area contributed by atoms with Crippen LogP contribution in [0.2, 0.25) is 0 Å². The number of nitrogens with zero attached hydrogens (tertiary/aromatic N) is 1. The van der Waals surface area contributed by atoms with Gasteiger partial charge < -0.3 is 5.73 Å². The van der Waals surface area contributed by atoms with Crippen molar-refractivity contribution in [2.24, 2.45) is 0 Å². The summed E-state index contributed by atoms with van der Waals surface area (Å²) in [4.78, 5) is 0. The van der Waals surface area contributed by atoms with Gasteiger partial charge in [-0.15, -0.1) is 0 Å². The number of benzene rings is 4. The molecular weight excluding hydrogens is 304 g/mol. The average Bonchev–Trinajstić information content (AvgIpc) is 2.68. The van der Waals surface area contributed by atoms with Gasteiger partial charge in [0.2, 0.25) is 0 Å². The molecule has 0 unspecified atom stereocenters. The van der Waals surface area contributed by atoms with Crippen molar-refractivity contribution < 1.29 is 0 Å². The number of nitriles is 1. The summed E-state index contributed by atoms with van der Waals surface area (Å²) in [6.07, 6.45) is 0. The van der Waals surface area contributed by atoms with Crippen molar-refractivity contribution in [2.45, 2.75) is 0 Å². The first-order valence-electron chi connectivity index (χ1n) is 8.14. The van der Waals surface area contributed by atoms with Crippen LogP contribution in [0.4, 0.5) is 5.69 Å². The first-order chi connectivity index (χ1) is 12.3. The molecule has 118 valence electrons. The molecule has 0 spiro atoms. The zero-order chi connectivity index (χ0) is 17.2. The molecule has 0 fully saturated rings. The monoisotopic (exact) mass is 320 g/mol. The van der Waals surface area contributed by atoms with Gasteiger partial charge in [0, 0.05) is 11.1 Å². The minimum Gasteiger partial charge on any atom is -0.398 e.